The third kappa shape index (κ3) is 3.59. The molecule has 0 saturated carbocycles. The van der Waals surface area contributed by atoms with E-state index in [2.05, 4.69) is 10.3 Å². The number of amides is 1. The normalized spacial score (nSPS) is 9.83. The Labute approximate surface area is 106 Å². The van der Waals surface area contributed by atoms with Crippen LogP contribution in [-0.4, -0.2) is 10.9 Å². The summed E-state index contributed by atoms with van der Waals surface area (Å²) < 4.78 is 5.58. The minimum absolute atomic E-state index is 0.136. The van der Waals surface area contributed by atoms with Crippen molar-refractivity contribution in [2.45, 2.75) is 13.5 Å². The Bertz CT molecular complexity index is 526. The fraction of sp³-hybridized carbons (Fsp3) is 0.143. The number of para-hydroxylation sites is 1. The summed E-state index contributed by atoms with van der Waals surface area (Å²) in [6.07, 6.45) is 0. The molecule has 18 heavy (non-hydrogen) atoms. The van der Waals surface area contributed by atoms with Gasteiger partial charge in [0.15, 0.2) is 0 Å². The van der Waals surface area contributed by atoms with E-state index >= 15 is 0 Å². The molecule has 2 aromatic rings. The van der Waals surface area contributed by atoms with Gasteiger partial charge in [-0.2, -0.15) is 0 Å². The lowest BCUT2D eigenvalue weighted by atomic mass is 10.3. The molecule has 0 fully saturated rings. The number of aromatic nitrogens is 1. The van der Waals surface area contributed by atoms with Gasteiger partial charge in [-0.15, -0.1) is 0 Å². The van der Waals surface area contributed by atoms with E-state index in [-0.39, 0.29) is 5.91 Å². The van der Waals surface area contributed by atoms with E-state index in [1.807, 2.05) is 42.5 Å². The van der Waals surface area contributed by atoms with E-state index in [4.69, 9.17) is 4.74 Å². The van der Waals surface area contributed by atoms with Gasteiger partial charge in [0.2, 0.25) is 5.91 Å². The predicted octanol–water partition coefficient (Wildman–Crippen LogP) is 2.62. The highest BCUT2D eigenvalue weighted by atomic mass is 16.5. The number of rotatable bonds is 4. The van der Waals surface area contributed by atoms with Crippen molar-refractivity contribution >= 4 is 11.7 Å². The Morgan fingerprint density at radius 2 is 1.94 bits per heavy atom. The summed E-state index contributed by atoms with van der Waals surface area (Å²) in [6.45, 7) is 1.83. The van der Waals surface area contributed by atoms with Crippen LogP contribution in [0.25, 0.3) is 0 Å². The number of carbonyl (C=O) groups is 1. The maximum Gasteiger partial charge on any atom is 0.222 e. The second-order valence-corrected chi connectivity index (χ2v) is 3.80. The molecule has 0 bridgehead atoms. The van der Waals surface area contributed by atoms with Crippen LogP contribution in [0.15, 0.2) is 48.5 Å². The molecule has 0 aliphatic heterocycles. The predicted molar refractivity (Wildman–Crippen MR) is 69.3 cm³/mol. The van der Waals surface area contributed by atoms with Crippen LogP contribution in [-0.2, 0) is 11.4 Å². The summed E-state index contributed by atoms with van der Waals surface area (Å²) in [5.74, 6) is 1.20. The number of hydrogen-bond acceptors (Lipinski definition) is 3. The largest absolute Gasteiger partial charge is 0.487 e. The molecule has 1 amide bonds. The zero-order valence-corrected chi connectivity index (χ0v) is 10.1. The first-order valence-electron chi connectivity index (χ1n) is 5.65. The van der Waals surface area contributed by atoms with Crippen LogP contribution in [0.2, 0.25) is 0 Å². The molecule has 0 saturated heterocycles. The lowest BCUT2D eigenvalue weighted by Gasteiger charge is -2.07. The van der Waals surface area contributed by atoms with E-state index in [0.717, 1.165) is 11.4 Å². The maximum atomic E-state index is 10.9. The lowest BCUT2D eigenvalue weighted by Crippen LogP contribution is -2.08. The van der Waals surface area contributed by atoms with Crippen molar-refractivity contribution in [3.8, 4) is 5.75 Å². The average Bonchev–Trinajstić information content (AvgIpc) is 2.37. The van der Waals surface area contributed by atoms with Gasteiger partial charge in [0.05, 0.1) is 5.69 Å². The molecule has 4 nitrogen and oxygen atoms in total. The molecule has 0 aliphatic rings. The van der Waals surface area contributed by atoms with E-state index < -0.39 is 0 Å². The van der Waals surface area contributed by atoms with Crippen molar-refractivity contribution < 1.29 is 9.53 Å². The van der Waals surface area contributed by atoms with Crippen molar-refractivity contribution in [2.24, 2.45) is 0 Å². The number of carbonyl (C=O) groups excluding carboxylic acids is 1. The van der Waals surface area contributed by atoms with E-state index in [1.165, 1.54) is 6.92 Å². The first-order chi connectivity index (χ1) is 8.74. The Hall–Kier alpha value is -2.36. The Morgan fingerprint density at radius 1 is 1.17 bits per heavy atom. The standard InChI is InChI=1S/C14H14N2O2/c1-11(17)15-14-9-5-6-12(16-14)10-18-13-7-3-2-4-8-13/h2-9H,10H2,1H3,(H,15,16,17). The Kier molecular flexibility index (Phi) is 3.91. The van der Waals surface area contributed by atoms with Gasteiger partial charge in [-0.3, -0.25) is 4.79 Å². The summed E-state index contributed by atoms with van der Waals surface area (Å²) in [4.78, 5) is 15.2. The quantitative estimate of drug-likeness (QED) is 0.896. The zero-order chi connectivity index (χ0) is 12.8. The summed E-state index contributed by atoms with van der Waals surface area (Å²) in [7, 11) is 0. The van der Waals surface area contributed by atoms with Crippen LogP contribution in [0.5, 0.6) is 5.75 Å². The molecule has 0 atom stereocenters. The monoisotopic (exact) mass is 242 g/mol. The number of anilines is 1. The van der Waals surface area contributed by atoms with Gasteiger partial charge in [-0.1, -0.05) is 24.3 Å². The van der Waals surface area contributed by atoms with Crippen LogP contribution in [0.1, 0.15) is 12.6 Å². The van der Waals surface area contributed by atoms with Crippen molar-refractivity contribution in [1.29, 1.82) is 0 Å². The molecule has 1 heterocycles. The Morgan fingerprint density at radius 3 is 2.67 bits per heavy atom. The lowest BCUT2D eigenvalue weighted by molar-refractivity contribution is -0.114. The van der Waals surface area contributed by atoms with Gasteiger partial charge in [-0.05, 0) is 24.3 Å². The molecule has 0 unspecified atom stereocenters. The fourth-order valence-corrected chi connectivity index (χ4v) is 1.48. The van der Waals surface area contributed by atoms with Crippen LogP contribution in [0.4, 0.5) is 5.82 Å². The molecule has 0 aliphatic carbocycles. The smallest absolute Gasteiger partial charge is 0.222 e. The molecular formula is C14H14N2O2. The SMILES string of the molecule is CC(=O)Nc1cccc(COc2ccccc2)n1. The second kappa shape index (κ2) is 5.82. The molecule has 1 aromatic heterocycles. The van der Waals surface area contributed by atoms with Gasteiger partial charge in [0.1, 0.15) is 18.2 Å². The summed E-state index contributed by atoms with van der Waals surface area (Å²) >= 11 is 0. The first-order valence-corrected chi connectivity index (χ1v) is 5.65. The number of pyridine rings is 1. The van der Waals surface area contributed by atoms with Gasteiger partial charge in [0.25, 0.3) is 0 Å². The fourth-order valence-electron chi connectivity index (χ4n) is 1.48. The van der Waals surface area contributed by atoms with E-state index in [0.29, 0.717) is 12.4 Å². The van der Waals surface area contributed by atoms with Crippen molar-refractivity contribution in [3.63, 3.8) is 0 Å². The van der Waals surface area contributed by atoms with Crippen LogP contribution in [0, 0.1) is 0 Å². The van der Waals surface area contributed by atoms with Gasteiger partial charge in [0, 0.05) is 6.92 Å². The maximum absolute atomic E-state index is 10.9. The topological polar surface area (TPSA) is 51.2 Å². The second-order valence-electron chi connectivity index (χ2n) is 3.80. The minimum Gasteiger partial charge on any atom is -0.487 e. The van der Waals surface area contributed by atoms with Crippen molar-refractivity contribution in [2.75, 3.05) is 5.32 Å². The number of ether oxygens (including phenoxy) is 1. The highest BCUT2D eigenvalue weighted by molar-refractivity contribution is 5.87. The van der Waals surface area contributed by atoms with Crippen LogP contribution in [0.3, 0.4) is 0 Å². The van der Waals surface area contributed by atoms with Crippen LogP contribution >= 0.6 is 0 Å². The molecular weight excluding hydrogens is 228 g/mol. The van der Waals surface area contributed by atoms with Gasteiger partial charge in [-0.25, -0.2) is 4.98 Å². The average molecular weight is 242 g/mol. The van der Waals surface area contributed by atoms with Crippen molar-refractivity contribution in [1.82, 2.24) is 4.98 Å². The van der Waals surface area contributed by atoms with Crippen LogP contribution < -0.4 is 10.1 Å². The summed E-state index contributed by atoms with van der Waals surface area (Å²) in [6, 6.07) is 15.0. The molecule has 1 aromatic carbocycles. The molecule has 1 N–H and O–H groups in total. The zero-order valence-electron chi connectivity index (χ0n) is 10.1. The minimum atomic E-state index is -0.136. The number of nitrogens with one attached hydrogen (secondary N) is 1. The number of benzene rings is 1. The van der Waals surface area contributed by atoms with Gasteiger partial charge < -0.3 is 10.1 Å². The summed E-state index contributed by atoms with van der Waals surface area (Å²) in [5.41, 5.74) is 0.769. The Balaban J connectivity index is 1.99. The number of hydrogen-bond donors (Lipinski definition) is 1. The third-order valence-electron chi connectivity index (χ3n) is 2.24. The molecule has 4 heteroatoms. The highest BCUT2D eigenvalue weighted by Crippen LogP contribution is 2.11. The summed E-state index contributed by atoms with van der Waals surface area (Å²) in [5, 5.41) is 2.64. The molecule has 2 rings (SSSR count). The first kappa shape index (κ1) is 12.1. The number of nitrogens with zero attached hydrogens (tertiary/aromatic N) is 1. The van der Waals surface area contributed by atoms with E-state index in [9.17, 15) is 4.79 Å². The van der Waals surface area contributed by atoms with Crippen molar-refractivity contribution in [3.05, 3.63) is 54.2 Å². The van der Waals surface area contributed by atoms with Gasteiger partial charge >= 0.3 is 0 Å². The molecule has 0 radical (unpaired) electrons. The highest BCUT2D eigenvalue weighted by Gasteiger charge is 2.00. The van der Waals surface area contributed by atoms with E-state index in [1.54, 1.807) is 6.07 Å². The molecule has 92 valence electrons. The molecule has 0 spiro atoms. The third-order valence-corrected chi connectivity index (χ3v) is 2.24.